The second kappa shape index (κ2) is 6.70. The third kappa shape index (κ3) is 3.81. The van der Waals surface area contributed by atoms with Gasteiger partial charge in [0.25, 0.3) is 0 Å². The summed E-state index contributed by atoms with van der Waals surface area (Å²) in [6, 6.07) is 3.47. The molecule has 0 bridgehead atoms. The predicted molar refractivity (Wildman–Crippen MR) is 72.8 cm³/mol. The molecule has 90 valence electrons. The molecule has 2 nitrogen and oxygen atoms in total. The molecule has 1 N–H and O–H groups in total. The van der Waals surface area contributed by atoms with Crippen LogP contribution in [0, 0.1) is 0 Å². The molecular formula is C11H14BrCl2NO. The van der Waals surface area contributed by atoms with Crippen molar-refractivity contribution in [2.75, 3.05) is 13.6 Å². The van der Waals surface area contributed by atoms with Crippen LogP contribution in [-0.4, -0.2) is 19.7 Å². The third-order valence-electron chi connectivity index (χ3n) is 2.16. The molecule has 1 rings (SSSR count). The van der Waals surface area contributed by atoms with Crippen molar-refractivity contribution in [3.05, 3.63) is 26.7 Å². The second-order valence-corrected chi connectivity index (χ2v) is 5.07. The lowest BCUT2D eigenvalue weighted by molar-refractivity contribution is 0.196. The Balaban J connectivity index is 2.83. The van der Waals surface area contributed by atoms with E-state index in [1.165, 1.54) is 0 Å². The Hall–Kier alpha value is 0.0400. The molecule has 1 aromatic rings. The largest absolute Gasteiger partial charge is 0.487 e. The van der Waals surface area contributed by atoms with Crippen molar-refractivity contribution in [1.82, 2.24) is 5.32 Å². The van der Waals surface area contributed by atoms with Gasteiger partial charge in [0.1, 0.15) is 11.9 Å². The van der Waals surface area contributed by atoms with Gasteiger partial charge in [0.2, 0.25) is 0 Å². The van der Waals surface area contributed by atoms with Gasteiger partial charge in [-0.2, -0.15) is 0 Å². The summed E-state index contributed by atoms with van der Waals surface area (Å²) in [5.74, 6) is 0.622. The Bertz CT molecular complexity index is 360. The predicted octanol–water partition coefficient (Wildman–Crippen LogP) is 4.13. The summed E-state index contributed by atoms with van der Waals surface area (Å²) in [6.07, 6.45) is 1.00. The highest BCUT2D eigenvalue weighted by molar-refractivity contribution is 9.10. The Morgan fingerprint density at radius 2 is 2.06 bits per heavy atom. The van der Waals surface area contributed by atoms with Gasteiger partial charge in [-0.1, -0.05) is 30.1 Å². The van der Waals surface area contributed by atoms with Gasteiger partial charge in [-0.05, 0) is 35.5 Å². The van der Waals surface area contributed by atoms with Crippen molar-refractivity contribution < 1.29 is 4.74 Å². The average molecular weight is 327 g/mol. The van der Waals surface area contributed by atoms with E-state index in [2.05, 4.69) is 28.2 Å². The van der Waals surface area contributed by atoms with Gasteiger partial charge < -0.3 is 10.1 Å². The van der Waals surface area contributed by atoms with Crippen molar-refractivity contribution in [3.63, 3.8) is 0 Å². The molecule has 5 heteroatoms. The summed E-state index contributed by atoms with van der Waals surface area (Å²) >= 11 is 15.4. The van der Waals surface area contributed by atoms with Crippen molar-refractivity contribution in [1.29, 1.82) is 0 Å². The van der Waals surface area contributed by atoms with E-state index in [0.717, 1.165) is 17.4 Å². The van der Waals surface area contributed by atoms with Crippen LogP contribution in [0.25, 0.3) is 0 Å². The fourth-order valence-corrected chi connectivity index (χ4v) is 2.11. The number of nitrogens with one attached hydrogen (secondary N) is 1. The van der Waals surface area contributed by atoms with E-state index >= 15 is 0 Å². The molecule has 16 heavy (non-hydrogen) atoms. The van der Waals surface area contributed by atoms with E-state index in [0.29, 0.717) is 15.8 Å². The molecule has 0 aliphatic heterocycles. The second-order valence-electron chi connectivity index (χ2n) is 3.40. The highest BCUT2D eigenvalue weighted by Crippen LogP contribution is 2.34. The molecular weight excluding hydrogens is 313 g/mol. The Labute approximate surface area is 114 Å². The Kier molecular flexibility index (Phi) is 5.90. The minimum absolute atomic E-state index is 0.0970. The van der Waals surface area contributed by atoms with Crippen molar-refractivity contribution in [2.45, 2.75) is 19.4 Å². The van der Waals surface area contributed by atoms with Gasteiger partial charge in [0.15, 0.2) is 0 Å². The van der Waals surface area contributed by atoms with E-state index in [-0.39, 0.29) is 6.10 Å². The first kappa shape index (κ1) is 14.1. The van der Waals surface area contributed by atoms with Crippen molar-refractivity contribution in [2.24, 2.45) is 0 Å². The molecule has 0 aliphatic carbocycles. The maximum Gasteiger partial charge on any atom is 0.139 e. The molecule has 0 heterocycles. The molecule has 0 saturated heterocycles. The third-order valence-corrected chi connectivity index (χ3v) is 3.65. The number of hydrogen-bond acceptors (Lipinski definition) is 2. The smallest absolute Gasteiger partial charge is 0.139 e. The van der Waals surface area contributed by atoms with Crippen LogP contribution >= 0.6 is 39.1 Å². The Morgan fingerprint density at radius 1 is 1.38 bits per heavy atom. The maximum absolute atomic E-state index is 6.07. The van der Waals surface area contributed by atoms with Crippen LogP contribution in [0.2, 0.25) is 10.0 Å². The van der Waals surface area contributed by atoms with Gasteiger partial charge in [-0.3, -0.25) is 0 Å². The van der Waals surface area contributed by atoms with E-state index < -0.39 is 0 Å². The minimum Gasteiger partial charge on any atom is -0.487 e. The molecule has 0 fully saturated rings. The van der Waals surface area contributed by atoms with Gasteiger partial charge in [0.05, 0.1) is 10.0 Å². The van der Waals surface area contributed by atoms with Crippen LogP contribution in [0.5, 0.6) is 5.75 Å². The number of benzene rings is 1. The molecule has 0 radical (unpaired) electrons. The van der Waals surface area contributed by atoms with E-state index in [1.54, 1.807) is 12.1 Å². The summed E-state index contributed by atoms with van der Waals surface area (Å²) in [5, 5.41) is 4.23. The average Bonchev–Trinajstić information content (AvgIpc) is 2.25. The van der Waals surface area contributed by atoms with Crippen LogP contribution in [0.1, 0.15) is 13.3 Å². The molecule has 0 aromatic heterocycles. The first-order chi connectivity index (χ1) is 7.58. The van der Waals surface area contributed by atoms with E-state index in [1.807, 2.05) is 7.05 Å². The number of rotatable bonds is 5. The van der Waals surface area contributed by atoms with Crippen LogP contribution < -0.4 is 10.1 Å². The van der Waals surface area contributed by atoms with Crippen LogP contribution in [0.4, 0.5) is 0 Å². The lowest BCUT2D eigenvalue weighted by Gasteiger charge is -2.18. The molecule has 0 saturated carbocycles. The maximum atomic E-state index is 6.07. The highest BCUT2D eigenvalue weighted by atomic mass is 79.9. The number of ether oxygens (including phenoxy) is 1. The summed E-state index contributed by atoms with van der Waals surface area (Å²) in [5.41, 5.74) is 0. The molecule has 0 amide bonds. The molecule has 1 atom stereocenters. The zero-order chi connectivity index (χ0) is 12.1. The fraction of sp³-hybridized carbons (Fsp3) is 0.455. The summed E-state index contributed by atoms with van der Waals surface area (Å²) in [6.45, 7) is 2.84. The quantitative estimate of drug-likeness (QED) is 0.821. The first-order valence-electron chi connectivity index (χ1n) is 5.04. The number of likely N-dealkylation sites (N-methyl/N-ethyl adjacent to an activating group) is 1. The van der Waals surface area contributed by atoms with E-state index in [9.17, 15) is 0 Å². The van der Waals surface area contributed by atoms with Crippen molar-refractivity contribution in [3.8, 4) is 5.75 Å². The van der Waals surface area contributed by atoms with E-state index in [4.69, 9.17) is 27.9 Å². The molecule has 0 aliphatic rings. The monoisotopic (exact) mass is 325 g/mol. The lowest BCUT2D eigenvalue weighted by Crippen LogP contribution is -2.28. The van der Waals surface area contributed by atoms with Crippen LogP contribution in [0.3, 0.4) is 0 Å². The summed E-state index contributed by atoms with van der Waals surface area (Å²) < 4.78 is 6.54. The van der Waals surface area contributed by atoms with Gasteiger partial charge in [-0.25, -0.2) is 0 Å². The summed E-state index contributed by atoms with van der Waals surface area (Å²) in [4.78, 5) is 0. The zero-order valence-electron chi connectivity index (χ0n) is 9.19. The molecule has 1 unspecified atom stereocenters. The topological polar surface area (TPSA) is 21.3 Å². The summed E-state index contributed by atoms with van der Waals surface area (Å²) in [7, 11) is 1.89. The highest BCUT2D eigenvalue weighted by Gasteiger charge is 2.11. The lowest BCUT2D eigenvalue weighted by atomic mass is 10.2. The SMILES string of the molecule is CCC(CNC)Oc1cc(Cl)c(Br)cc1Cl. The number of halogens is 3. The Morgan fingerprint density at radius 3 is 2.62 bits per heavy atom. The van der Waals surface area contributed by atoms with Crippen LogP contribution in [-0.2, 0) is 0 Å². The fourth-order valence-electron chi connectivity index (χ4n) is 1.27. The minimum atomic E-state index is 0.0970. The standard InChI is InChI=1S/C11H14BrCl2NO/c1-3-7(6-15-2)16-11-5-9(13)8(12)4-10(11)14/h4-5,7,15H,3,6H2,1-2H3. The first-order valence-corrected chi connectivity index (χ1v) is 6.59. The van der Waals surface area contributed by atoms with Gasteiger partial charge >= 0.3 is 0 Å². The molecule has 0 spiro atoms. The normalized spacial score (nSPS) is 12.6. The van der Waals surface area contributed by atoms with Crippen molar-refractivity contribution >= 4 is 39.1 Å². The van der Waals surface area contributed by atoms with Gasteiger partial charge in [-0.15, -0.1) is 0 Å². The van der Waals surface area contributed by atoms with Gasteiger partial charge in [0, 0.05) is 17.1 Å². The van der Waals surface area contributed by atoms with Crippen LogP contribution in [0.15, 0.2) is 16.6 Å². The number of hydrogen-bond donors (Lipinski definition) is 1. The zero-order valence-corrected chi connectivity index (χ0v) is 12.3. The molecule has 1 aromatic carbocycles.